The number of benzene rings is 1. The molecule has 0 fully saturated rings. The van der Waals surface area contributed by atoms with Crippen LogP contribution in [-0.2, 0) is 9.59 Å². The van der Waals surface area contributed by atoms with Crippen LogP contribution < -0.4 is 15.8 Å². The molecule has 2 aromatic heterocycles. The molecule has 140 valence electrons. The minimum Gasteiger partial charge on any atom is -0.453 e. The Labute approximate surface area is 154 Å². The summed E-state index contributed by atoms with van der Waals surface area (Å²) in [5.74, 6) is -3.04. The van der Waals surface area contributed by atoms with Gasteiger partial charge in [-0.05, 0) is 43.7 Å². The topological polar surface area (TPSA) is 110 Å². The Morgan fingerprint density at radius 2 is 2.00 bits per heavy atom. The lowest BCUT2D eigenvalue weighted by Gasteiger charge is -2.17. The summed E-state index contributed by atoms with van der Waals surface area (Å²) >= 11 is 0. The average Bonchev–Trinajstić information content (AvgIpc) is 3.06. The van der Waals surface area contributed by atoms with Gasteiger partial charge in [-0.25, -0.2) is 9.37 Å². The van der Waals surface area contributed by atoms with Crippen molar-refractivity contribution >= 4 is 22.8 Å². The number of pyridine rings is 1. The Bertz CT molecular complexity index is 1000. The van der Waals surface area contributed by atoms with Gasteiger partial charge in [-0.15, -0.1) is 0 Å². The number of ether oxygens (including phenoxy) is 1. The highest BCUT2D eigenvalue weighted by Gasteiger charge is 2.28. The second kappa shape index (κ2) is 7.45. The molecule has 0 saturated carbocycles. The Morgan fingerprint density at radius 1 is 1.22 bits per heavy atom. The van der Waals surface area contributed by atoms with E-state index in [-0.39, 0.29) is 17.4 Å². The number of carbonyl (C=O) groups is 2. The lowest BCUT2D eigenvalue weighted by atomic mass is 9.97. The third-order valence-electron chi connectivity index (χ3n) is 3.91. The molecule has 0 aliphatic carbocycles. The van der Waals surface area contributed by atoms with Crippen LogP contribution in [0.4, 0.5) is 4.39 Å². The third kappa shape index (κ3) is 3.89. The molecular weight excluding hydrogens is 351 g/mol. The number of hydrogen-bond donors (Lipinski definition) is 3. The van der Waals surface area contributed by atoms with E-state index in [1.165, 1.54) is 12.1 Å². The van der Waals surface area contributed by atoms with E-state index in [2.05, 4.69) is 15.3 Å². The van der Waals surface area contributed by atoms with Gasteiger partial charge in [0.2, 0.25) is 11.8 Å². The fourth-order valence-corrected chi connectivity index (χ4v) is 2.74. The van der Waals surface area contributed by atoms with Crippen LogP contribution in [0.5, 0.6) is 11.5 Å². The number of nitrogens with two attached hydrogens (primary N) is 1. The SMILES string of the molecule is CC(C)NC(=O)C(C(N)=O)c1ccc(Oc2ccnc3[nH]ccc23)c(F)c1. The number of halogens is 1. The fourth-order valence-electron chi connectivity index (χ4n) is 2.74. The summed E-state index contributed by atoms with van der Waals surface area (Å²) in [7, 11) is 0. The van der Waals surface area contributed by atoms with Crippen molar-refractivity contribution in [2.24, 2.45) is 5.73 Å². The summed E-state index contributed by atoms with van der Waals surface area (Å²) in [5.41, 5.74) is 6.12. The number of amides is 2. The Kier molecular flexibility index (Phi) is 5.07. The molecule has 0 spiro atoms. The first-order valence-electron chi connectivity index (χ1n) is 8.36. The Morgan fingerprint density at radius 3 is 2.67 bits per heavy atom. The molecule has 2 heterocycles. The van der Waals surface area contributed by atoms with E-state index in [1.54, 1.807) is 38.4 Å². The second-order valence-electron chi connectivity index (χ2n) is 6.34. The first-order chi connectivity index (χ1) is 12.9. The van der Waals surface area contributed by atoms with Crippen molar-refractivity contribution in [3.05, 3.63) is 54.1 Å². The van der Waals surface area contributed by atoms with Crippen molar-refractivity contribution in [3.63, 3.8) is 0 Å². The molecule has 1 atom stereocenters. The molecule has 0 aliphatic rings. The van der Waals surface area contributed by atoms with Crippen LogP contribution in [0.15, 0.2) is 42.7 Å². The lowest BCUT2D eigenvalue weighted by molar-refractivity contribution is -0.130. The Hall–Kier alpha value is -3.42. The van der Waals surface area contributed by atoms with Crippen molar-refractivity contribution in [3.8, 4) is 11.5 Å². The maximum Gasteiger partial charge on any atom is 0.237 e. The number of primary amides is 1. The molecule has 3 aromatic rings. The van der Waals surface area contributed by atoms with Gasteiger partial charge in [0.25, 0.3) is 0 Å². The minimum atomic E-state index is -1.28. The number of H-pyrrole nitrogens is 1. The summed E-state index contributed by atoms with van der Waals surface area (Å²) in [5, 5.41) is 3.31. The average molecular weight is 370 g/mol. The molecule has 2 amide bonds. The molecule has 27 heavy (non-hydrogen) atoms. The van der Waals surface area contributed by atoms with Gasteiger partial charge in [-0.1, -0.05) is 6.07 Å². The number of fused-ring (bicyclic) bond motifs is 1. The molecule has 4 N–H and O–H groups in total. The Balaban J connectivity index is 1.89. The van der Waals surface area contributed by atoms with E-state index in [9.17, 15) is 14.0 Å². The maximum atomic E-state index is 14.6. The summed E-state index contributed by atoms with van der Waals surface area (Å²) in [6.07, 6.45) is 3.24. The largest absolute Gasteiger partial charge is 0.453 e. The highest BCUT2D eigenvalue weighted by molar-refractivity contribution is 6.05. The molecule has 1 aromatic carbocycles. The number of aromatic amines is 1. The molecule has 0 aliphatic heterocycles. The molecule has 8 heteroatoms. The molecule has 7 nitrogen and oxygen atoms in total. The van der Waals surface area contributed by atoms with Crippen LogP contribution in [0.1, 0.15) is 25.3 Å². The van der Waals surface area contributed by atoms with E-state index in [0.717, 1.165) is 6.07 Å². The van der Waals surface area contributed by atoms with Gasteiger partial charge in [0.1, 0.15) is 17.3 Å². The molecule has 0 radical (unpaired) electrons. The van der Waals surface area contributed by atoms with E-state index >= 15 is 0 Å². The normalized spacial score (nSPS) is 12.1. The van der Waals surface area contributed by atoms with E-state index in [1.807, 2.05) is 0 Å². The zero-order valence-corrected chi connectivity index (χ0v) is 14.8. The number of aromatic nitrogens is 2. The van der Waals surface area contributed by atoms with Gasteiger partial charge in [-0.2, -0.15) is 0 Å². The fraction of sp³-hybridized carbons (Fsp3) is 0.211. The van der Waals surface area contributed by atoms with Crippen LogP contribution >= 0.6 is 0 Å². The third-order valence-corrected chi connectivity index (χ3v) is 3.91. The number of nitrogens with zero attached hydrogens (tertiary/aromatic N) is 1. The second-order valence-corrected chi connectivity index (χ2v) is 6.34. The van der Waals surface area contributed by atoms with Crippen LogP contribution in [0.25, 0.3) is 11.0 Å². The minimum absolute atomic E-state index is 0.0417. The van der Waals surface area contributed by atoms with Crippen LogP contribution in [0.2, 0.25) is 0 Å². The van der Waals surface area contributed by atoms with Crippen LogP contribution in [0, 0.1) is 5.82 Å². The number of nitrogens with one attached hydrogen (secondary N) is 2. The van der Waals surface area contributed by atoms with Crippen molar-refractivity contribution in [1.29, 1.82) is 0 Å². The van der Waals surface area contributed by atoms with Gasteiger partial charge in [0.05, 0.1) is 5.39 Å². The van der Waals surface area contributed by atoms with Gasteiger partial charge in [0.15, 0.2) is 11.6 Å². The maximum absolute atomic E-state index is 14.6. The van der Waals surface area contributed by atoms with Crippen molar-refractivity contribution in [1.82, 2.24) is 15.3 Å². The van der Waals surface area contributed by atoms with Crippen molar-refractivity contribution < 1.29 is 18.7 Å². The highest BCUT2D eigenvalue weighted by atomic mass is 19.1. The van der Waals surface area contributed by atoms with E-state index < -0.39 is 23.5 Å². The summed E-state index contributed by atoms with van der Waals surface area (Å²) in [6.45, 7) is 3.51. The zero-order valence-electron chi connectivity index (χ0n) is 14.8. The zero-order chi connectivity index (χ0) is 19.6. The van der Waals surface area contributed by atoms with E-state index in [0.29, 0.717) is 16.8 Å². The lowest BCUT2D eigenvalue weighted by Crippen LogP contribution is -2.40. The number of rotatable bonds is 6. The predicted octanol–water partition coefficient (Wildman–Crippen LogP) is 2.59. The standard InChI is InChI=1S/C19H19FN4O3/c1-10(2)24-19(26)16(17(21)25)11-3-4-15(13(20)9-11)27-14-6-8-23-18-12(14)5-7-22-18/h3-10,16H,1-2H3,(H2,21,25)(H,22,23)(H,24,26). The van der Waals surface area contributed by atoms with Crippen molar-refractivity contribution in [2.45, 2.75) is 25.8 Å². The van der Waals surface area contributed by atoms with Gasteiger partial charge < -0.3 is 20.8 Å². The van der Waals surface area contributed by atoms with Gasteiger partial charge in [-0.3, -0.25) is 9.59 Å². The highest BCUT2D eigenvalue weighted by Crippen LogP contribution is 2.31. The quantitative estimate of drug-likeness (QED) is 0.579. The summed E-state index contributed by atoms with van der Waals surface area (Å²) in [4.78, 5) is 31.0. The van der Waals surface area contributed by atoms with Gasteiger partial charge >= 0.3 is 0 Å². The van der Waals surface area contributed by atoms with Crippen molar-refractivity contribution in [2.75, 3.05) is 0 Å². The summed E-state index contributed by atoms with van der Waals surface area (Å²) in [6, 6.07) is 7.10. The first-order valence-corrected chi connectivity index (χ1v) is 8.36. The van der Waals surface area contributed by atoms with Crippen LogP contribution in [0.3, 0.4) is 0 Å². The monoisotopic (exact) mass is 370 g/mol. The first kappa shape index (κ1) is 18.4. The molecule has 0 saturated heterocycles. The number of carbonyl (C=O) groups excluding carboxylic acids is 2. The smallest absolute Gasteiger partial charge is 0.237 e. The van der Waals surface area contributed by atoms with E-state index in [4.69, 9.17) is 10.5 Å². The summed E-state index contributed by atoms with van der Waals surface area (Å²) < 4.78 is 20.2. The molecular formula is C19H19FN4O3. The van der Waals surface area contributed by atoms with Gasteiger partial charge in [0, 0.05) is 18.4 Å². The van der Waals surface area contributed by atoms with Crippen LogP contribution in [-0.4, -0.2) is 27.8 Å². The molecule has 1 unspecified atom stereocenters. The number of hydrogen-bond acceptors (Lipinski definition) is 4. The predicted molar refractivity (Wildman–Crippen MR) is 97.8 cm³/mol. The molecule has 3 rings (SSSR count). The molecule has 0 bridgehead atoms.